The first-order valence-corrected chi connectivity index (χ1v) is 11.0. The number of amides is 1. The van der Waals surface area contributed by atoms with Gasteiger partial charge in [0.2, 0.25) is 0 Å². The van der Waals surface area contributed by atoms with Crippen LogP contribution in [0.15, 0.2) is 84.6 Å². The van der Waals surface area contributed by atoms with Gasteiger partial charge in [-0.05, 0) is 30.7 Å². The number of aromatic nitrogens is 1. The van der Waals surface area contributed by atoms with Crippen molar-refractivity contribution in [2.45, 2.75) is 19.5 Å². The Bertz CT molecular complexity index is 1420. The number of fused-ring (bicyclic) bond motifs is 1. The number of ketones is 1. The topological polar surface area (TPSA) is 82.6 Å². The van der Waals surface area contributed by atoms with Crippen molar-refractivity contribution in [3.05, 3.63) is 107 Å². The number of nitrogens with zero attached hydrogens (tertiary/aromatic N) is 1. The van der Waals surface area contributed by atoms with E-state index in [4.69, 9.17) is 4.74 Å². The molecule has 2 heterocycles. The third-order valence-electron chi connectivity index (χ3n) is 6.29. The van der Waals surface area contributed by atoms with Crippen LogP contribution < -0.4 is 4.74 Å². The molecule has 1 saturated heterocycles. The summed E-state index contributed by atoms with van der Waals surface area (Å²) in [6.45, 7) is 2.16. The van der Waals surface area contributed by atoms with Crippen molar-refractivity contribution in [2.75, 3.05) is 7.11 Å². The van der Waals surface area contributed by atoms with Crippen LogP contribution in [-0.2, 0) is 16.1 Å². The SMILES string of the molecule is COc1ccc(CN2C(=O)C(=O)/C(=C(/O)c3ccc(C)cc3)C2c2c[nH]c3ccccc23)cc1. The van der Waals surface area contributed by atoms with E-state index in [0.29, 0.717) is 11.3 Å². The number of para-hydroxylation sites is 1. The monoisotopic (exact) mass is 452 g/mol. The van der Waals surface area contributed by atoms with Gasteiger partial charge in [0, 0.05) is 34.8 Å². The molecule has 1 fully saturated rings. The molecule has 6 nitrogen and oxygen atoms in total. The van der Waals surface area contributed by atoms with Crippen LogP contribution in [-0.4, -0.2) is 33.8 Å². The number of aromatic amines is 1. The number of rotatable bonds is 5. The van der Waals surface area contributed by atoms with Crippen LogP contribution in [0.3, 0.4) is 0 Å². The van der Waals surface area contributed by atoms with Crippen molar-refractivity contribution >= 4 is 28.4 Å². The van der Waals surface area contributed by atoms with E-state index < -0.39 is 17.7 Å². The molecule has 0 radical (unpaired) electrons. The van der Waals surface area contributed by atoms with Gasteiger partial charge in [-0.1, -0.05) is 60.2 Å². The fraction of sp³-hybridized carbons (Fsp3) is 0.143. The summed E-state index contributed by atoms with van der Waals surface area (Å²) in [4.78, 5) is 31.3. The number of aliphatic hydroxyl groups is 1. The number of methoxy groups -OCH3 is 1. The Labute approximate surface area is 197 Å². The van der Waals surface area contributed by atoms with Crippen molar-refractivity contribution in [3.63, 3.8) is 0 Å². The molecule has 2 N–H and O–H groups in total. The third-order valence-corrected chi connectivity index (χ3v) is 6.29. The van der Waals surface area contributed by atoms with Crippen molar-refractivity contribution in [1.82, 2.24) is 9.88 Å². The zero-order valence-electron chi connectivity index (χ0n) is 18.9. The number of hydrogen-bond acceptors (Lipinski definition) is 4. The summed E-state index contributed by atoms with van der Waals surface area (Å²) in [5.74, 6) is -0.800. The zero-order valence-corrected chi connectivity index (χ0v) is 18.9. The summed E-state index contributed by atoms with van der Waals surface area (Å²) >= 11 is 0. The lowest BCUT2D eigenvalue weighted by atomic mass is 9.94. The summed E-state index contributed by atoms with van der Waals surface area (Å²) in [5.41, 5.74) is 4.12. The number of ether oxygens (including phenoxy) is 1. The molecule has 0 aliphatic carbocycles. The number of aliphatic hydroxyl groups excluding tert-OH is 1. The summed E-state index contributed by atoms with van der Waals surface area (Å²) in [6, 6.07) is 21.6. The second kappa shape index (κ2) is 8.56. The largest absolute Gasteiger partial charge is 0.507 e. The van der Waals surface area contributed by atoms with Gasteiger partial charge in [0.15, 0.2) is 0 Å². The highest BCUT2D eigenvalue weighted by molar-refractivity contribution is 6.46. The minimum absolute atomic E-state index is 0.0899. The van der Waals surface area contributed by atoms with E-state index in [1.807, 2.05) is 73.8 Å². The van der Waals surface area contributed by atoms with Gasteiger partial charge < -0.3 is 19.7 Å². The van der Waals surface area contributed by atoms with Crippen molar-refractivity contribution in [2.24, 2.45) is 0 Å². The Morgan fingerprint density at radius 3 is 2.41 bits per heavy atom. The first kappa shape index (κ1) is 21.5. The quantitative estimate of drug-likeness (QED) is 0.251. The van der Waals surface area contributed by atoms with Crippen LogP contribution >= 0.6 is 0 Å². The molecule has 34 heavy (non-hydrogen) atoms. The number of benzene rings is 3. The molecule has 1 atom stereocenters. The molecule has 0 bridgehead atoms. The zero-order chi connectivity index (χ0) is 23.8. The minimum Gasteiger partial charge on any atom is -0.507 e. The van der Waals surface area contributed by atoms with Gasteiger partial charge in [-0.3, -0.25) is 9.59 Å². The van der Waals surface area contributed by atoms with E-state index in [0.717, 1.165) is 27.6 Å². The molecule has 4 aromatic rings. The van der Waals surface area contributed by atoms with E-state index in [1.165, 1.54) is 4.90 Å². The number of likely N-dealkylation sites (tertiary alicyclic amines) is 1. The second-order valence-electron chi connectivity index (χ2n) is 8.43. The van der Waals surface area contributed by atoms with Gasteiger partial charge in [0.1, 0.15) is 11.5 Å². The molecule has 3 aromatic carbocycles. The molecule has 1 aliphatic heterocycles. The smallest absolute Gasteiger partial charge is 0.295 e. The van der Waals surface area contributed by atoms with Gasteiger partial charge in [-0.25, -0.2) is 0 Å². The highest BCUT2D eigenvalue weighted by Crippen LogP contribution is 2.42. The first-order valence-electron chi connectivity index (χ1n) is 11.0. The molecule has 1 amide bonds. The van der Waals surface area contributed by atoms with Crippen LogP contribution in [0.4, 0.5) is 0 Å². The maximum absolute atomic E-state index is 13.3. The Balaban J connectivity index is 1.67. The lowest BCUT2D eigenvalue weighted by Gasteiger charge is -2.25. The molecule has 1 unspecified atom stereocenters. The van der Waals surface area contributed by atoms with E-state index in [-0.39, 0.29) is 17.9 Å². The molecule has 0 spiro atoms. The third kappa shape index (κ3) is 3.63. The van der Waals surface area contributed by atoms with E-state index in [2.05, 4.69) is 4.98 Å². The predicted octanol–water partition coefficient (Wildman–Crippen LogP) is 5.11. The van der Waals surface area contributed by atoms with E-state index in [9.17, 15) is 14.7 Å². The highest BCUT2D eigenvalue weighted by atomic mass is 16.5. The molecule has 0 saturated carbocycles. The first-order chi connectivity index (χ1) is 16.5. The Kier molecular flexibility index (Phi) is 5.42. The lowest BCUT2D eigenvalue weighted by Crippen LogP contribution is -2.29. The average molecular weight is 453 g/mol. The minimum atomic E-state index is -0.737. The molecule has 1 aromatic heterocycles. The lowest BCUT2D eigenvalue weighted by molar-refractivity contribution is -0.140. The van der Waals surface area contributed by atoms with Crippen LogP contribution in [0.2, 0.25) is 0 Å². The van der Waals surface area contributed by atoms with Gasteiger partial charge in [0.05, 0.1) is 18.7 Å². The molecular weight excluding hydrogens is 428 g/mol. The highest BCUT2D eigenvalue weighted by Gasteiger charge is 2.46. The molecule has 170 valence electrons. The summed E-state index contributed by atoms with van der Waals surface area (Å²) in [6.07, 6.45) is 1.81. The molecule has 6 heteroatoms. The molecule has 1 aliphatic rings. The Hall–Kier alpha value is -4.32. The number of carbonyl (C=O) groups excluding carboxylic acids is 2. The van der Waals surface area contributed by atoms with Gasteiger partial charge in [-0.2, -0.15) is 0 Å². The Morgan fingerprint density at radius 2 is 1.71 bits per heavy atom. The van der Waals surface area contributed by atoms with Crippen LogP contribution in [0.5, 0.6) is 5.75 Å². The van der Waals surface area contributed by atoms with Gasteiger partial charge in [0.25, 0.3) is 11.7 Å². The van der Waals surface area contributed by atoms with Crippen LogP contribution in [0.25, 0.3) is 16.7 Å². The summed E-state index contributed by atoms with van der Waals surface area (Å²) in [7, 11) is 1.59. The fourth-order valence-corrected chi connectivity index (χ4v) is 4.48. The second-order valence-corrected chi connectivity index (χ2v) is 8.43. The number of Topliss-reactive ketones (excluding diaryl/α,β-unsaturated/α-hetero) is 1. The van der Waals surface area contributed by atoms with Crippen molar-refractivity contribution in [1.29, 1.82) is 0 Å². The average Bonchev–Trinajstić information content (AvgIpc) is 3.39. The maximum Gasteiger partial charge on any atom is 0.295 e. The molecule has 5 rings (SSSR count). The summed E-state index contributed by atoms with van der Waals surface area (Å²) < 4.78 is 5.23. The van der Waals surface area contributed by atoms with Gasteiger partial charge in [-0.15, -0.1) is 0 Å². The number of H-pyrrole nitrogens is 1. The van der Waals surface area contributed by atoms with Crippen LogP contribution in [0, 0.1) is 6.92 Å². The van der Waals surface area contributed by atoms with Crippen molar-refractivity contribution < 1.29 is 19.4 Å². The molecular formula is C28H24N2O4. The predicted molar refractivity (Wildman–Crippen MR) is 130 cm³/mol. The number of nitrogens with one attached hydrogen (secondary N) is 1. The maximum atomic E-state index is 13.3. The number of aryl methyl sites for hydroxylation is 1. The fourth-order valence-electron chi connectivity index (χ4n) is 4.48. The Morgan fingerprint density at radius 1 is 1.00 bits per heavy atom. The normalized spacial score (nSPS) is 17.5. The van der Waals surface area contributed by atoms with Crippen LogP contribution in [0.1, 0.15) is 28.3 Å². The van der Waals surface area contributed by atoms with E-state index in [1.54, 1.807) is 19.2 Å². The van der Waals surface area contributed by atoms with Crippen molar-refractivity contribution in [3.8, 4) is 5.75 Å². The number of hydrogen-bond donors (Lipinski definition) is 2. The van der Waals surface area contributed by atoms with Gasteiger partial charge >= 0.3 is 0 Å². The standard InChI is InChI=1S/C28H24N2O4/c1-17-7-11-19(12-8-17)26(31)24-25(22-15-29-23-6-4-3-5-21(22)23)30(28(33)27(24)32)16-18-9-13-20(34-2)14-10-18/h3-15,25,29,31H,16H2,1-2H3/b26-24+. The summed E-state index contributed by atoms with van der Waals surface area (Å²) in [5, 5.41) is 12.1. The van der Waals surface area contributed by atoms with E-state index >= 15 is 0 Å². The number of carbonyl (C=O) groups is 2.